The predicted octanol–water partition coefficient (Wildman–Crippen LogP) is 5.20. The zero-order chi connectivity index (χ0) is 22.7. The van der Waals surface area contributed by atoms with Crippen LogP contribution in [-0.4, -0.2) is 35.6 Å². The summed E-state index contributed by atoms with van der Waals surface area (Å²) >= 11 is 6.02. The van der Waals surface area contributed by atoms with E-state index in [2.05, 4.69) is 4.90 Å². The number of hydrogen-bond acceptors (Lipinski definition) is 3. The molecule has 2 aromatic rings. The summed E-state index contributed by atoms with van der Waals surface area (Å²) < 4.78 is 45.6. The summed E-state index contributed by atoms with van der Waals surface area (Å²) in [5, 5.41) is 9.43. The molecule has 0 amide bonds. The van der Waals surface area contributed by atoms with Crippen molar-refractivity contribution in [2.45, 2.75) is 38.5 Å². The van der Waals surface area contributed by atoms with E-state index in [0.29, 0.717) is 12.3 Å². The second-order valence-corrected chi connectivity index (χ2v) is 9.97. The first-order chi connectivity index (χ1) is 15.1. The standard InChI is InChI=1S/C24H23ClF3NO3/c25-20-3-1-2-19(24(26,27)28)18(20)11-32-17-5-4-15-9-22(10-16(15)8-17)12-29(13-22)14-23(6-7-23)21(30)31/h1-5,8H,6-7,9-14H2,(H,30,31). The zero-order valence-corrected chi connectivity index (χ0v) is 18.1. The van der Waals surface area contributed by atoms with Gasteiger partial charge in [-0.2, -0.15) is 13.2 Å². The van der Waals surface area contributed by atoms with Gasteiger partial charge in [-0.05, 0) is 61.1 Å². The molecule has 4 nitrogen and oxygen atoms in total. The number of aliphatic carboxylic acids is 1. The summed E-state index contributed by atoms with van der Waals surface area (Å²) in [6.45, 7) is 2.11. The Morgan fingerprint density at radius 1 is 1.12 bits per heavy atom. The van der Waals surface area contributed by atoms with Gasteiger partial charge < -0.3 is 14.7 Å². The van der Waals surface area contributed by atoms with Crippen LogP contribution < -0.4 is 4.74 Å². The van der Waals surface area contributed by atoms with Gasteiger partial charge in [0.25, 0.3) is 0 Å². The van der Waals surface area contributed by atoms with Crippen LogP contribution in [0.1, 0.15) is 35.1 Å². The normalized spacial score (nSPS) is 20.6. The van der Waals surface area contributed by atoms with E-state index in [1.807, 2.05) is 12.1 Å². The molecule has 0 unspecified atom stereocenters. The topological polar surface area (TPSA) is 49.8 Å². The molecule has 5 rings (SSSR count). The minimum Gasteiger partial charge on any atom is -0.489 e. The van der Waals surface area contributed by atoms with E-state index in [-0.39, 0.29) is 22.6 Å². The molecule has 1 aliphatic heterocycles. The summed E-state index contributed by atoms with van der Waals surface area (Å²) in [5.41, 5.74) is 1.11. The number of ether oxygens (including phenoxy) is 1. The SMILES string of the molecule is O=C(O)C1(CN2CC3(Cc4ccc(OCc5c(Cl)cccc5C(F)(F)F)cc4C3)C2)CC1. The molecule has 2 fully saturated rings. The first kappa shape index (κ1) is 21.6. The minimum absolute atomic E-state index is 0.0318. The maximum atomic E-state index is 13.3. The van der Waals surface area contributed by atoms with Crippen molar-refractivity contribution in [2.24, 2.45) is 10.8 Å². The highest BCUT2D eigenvalue weighted by Crippen LogP contribution is 2.51. The molecule has 1 saturated carbocycles. The average Bonchev–Trinajstić information content (AvgIpc) is 3.38. The van der Waals surface area contributed by atoms with Crippen molar-refractivity contribution in [3.8, 4) is 5.75 Å². The third kappa shape index (κ3) is 3.86. The molecule has 0 radical (unpaired) electrons. The zero-order valence-electron chi connectivity index (χ0n) is 17.3. The van der Waals surface area contributed by atoms with E-state index in [1.165, 1.54) is 17.7 Å². The third-order valence-corrected chi connectivity index (χ3v) is 7.42. The van der Waals surface area contributed by atoms with Crippen LogP contribution in [0.2, 0.25) is 5.02 Å². The van der Waals surface area contributed by atoms with Crippen LogP contribution in [0, 0.1) is 10.8 Å². The highest BCUT2D eigenvalue weighted by atomic mass is 35.5. The van der Waals surface area contributed by atoms with Crippen molar-refractivity contribution >= 4 is 17.6 Å². The predicted molar refractivity (Wildman–Crippen MR) is 113 cm³/mol. The lowest BCUT2D eigenvalue weighted by molar-refractivity contribution is -0.145. The monoisotopic (exact) mass is 465 g/mol. The Morgan fingerprint density at radius 2 is 1.84 bits per heavy atom. The maximum Gasteiger partial charge on any atom is 0.416 e. The van der Waals surface area contributed by atoms with Crippen molar-refractivity contribution < 1.29 is 27.8 Å². The van der Waals surface area contributed by atoms with Crippen molar-refractivity contribution in [3.05, 3.63) is 63.7 Å². The summed E-state index contributed by atoms with van der Waals surface area (Å²) in [6, 6.07) is 9.42. The largest absolute Gasteiger partial charge is 0.489 e. The fraction of sp³-hybridized carbons (Fsp3) is 0.458. The number of rotatable bonds is 6. The average molecular weight is 466 g/mol. The number of carbonyl (C=O) groups is 1. The molecule has 3 aliphatic rings. The van der Waals surface area contributed by atoms with E-state index >= 15 is 0 Å². The Hall–Kier alpha value is -2.25. The number of carboxylic acids is 1. The van der Waals surface area contributed by atoms with Gasteiger partial charge in [-0.15, -0.1) is 0 Å². The Morgan fingerprint density at radius 3 is 2.50 bits per heavy atom. The van der Waals surface area contributed by atoms with Gasteiger partial charge >= 0.3 is 12.1 Å². The van der Waals surface area contributed by atoms with E-state index < -0.39 is 23.1 Å². The number of fused-ring (bicyclic) bond motifs is 1. The van der Waals surface area contributed by atoms with Crippen LogP contribution in [0.15, 0.2) is 36.4 Å². The fourth-order valence-electron chi connectivity index (χ4n) is 5.28. The van der Waals surface area contributed by atoms with Gasteiger partial charge in [-0.25, -0.2) is 0 Å². The van der Waals surface area contributed by atoms with Crippen LogP contribution in [0.3, 0.4) is 0 Å². The quantitative estimate of drug-likeness (QED) is 0.637. The molecule has 8 heteroatoms. The first-order valence-electron chi connectivity index (χ1n) is 10.6. The molecule has 2 aliphatic carbocycles. The second-order valence-electron chi connectivity index (χ2n) is 9.57. The molecule has 0 atom stereocenters. The summed E-state index contributed by atoms with van der Waals surface area (Å²) in [4.78, 5) is 13.7. The smallest absolute Gasteiger partial charge is 0.416 e. The number of benzene rings is 2. The van der Waals surface area contributed by atoms with Crippen molar-refractivity contribution in [1.29, 1.82) is 0 Å². The molecular formula is C24H23ClF3NO3. The van der Waals surface area contributed by atoms with Gasteiger partial charge in [0.2, 0.25) is 0 Å². The van der Waals surface area contributed by atoms with Gasteiger partial charge in [0, 0.05) is 35.6 Å². The van der Waals surface area contributed by atoms with Crippen LogP contribution in [0.25, 0.3) is 0 Å². The lowest BCUT2D eigenvalue weighted by atomic mass is 9.76. The Labute approximate surface area is 188 Å². The highest BCUT2D eigenvalue weighted by molar-refractivity contribution is 6.31. The van der Waals surface area contributed by atoms with Crippen molar-refractivity contribution in [3.63, 3.8) is 0 Å². The molecule has 0 bridgehead atoms. The molecule has 1 spiro atoms. The highest BCUT2D eigenvalue weighted by Gasteiger charge is 2.55. The van der Waals surface area contributed by atoms with Gasteiger partial charge in [-0.1, -0.05) is 23.7 Å². The van der Waals surface area contributed by atoms with Crippen molar-refractivity contribution in [1.82, 2.24) is 4.90 Å². The van der Waals surface area contributed by atoms with E-state index in [1.54, 1.807) is 6.07 Å². The Bertz CT molecular complexity index is 1070. The third-order valence-electron chi connectivity index (χ3n) is 7.07. The van der Waals surface area contributed by atoms with E-state index in [0.717, 1.165) is 50.4 Å². The van der Waals surface area contributed by atoms with Gasteiger partial charge in [0.15, 0.2) is 0 Å². The number of nitrogens with zero attached hydrogens (tertiary/aromatic N) is 1. The van der Waals surface area contributed by atoms with Crippen LogP contribution in [0.4, 0.5) is 13.2 Å². The molecule has 2 aromatic carbocycles. The van der Waals surface area contributed by atoms with Gasteiger partial charge in [0.1, 0.15) is 12.4 Å². The molecule has 32 heavy (non-hydrogen) atoms. The molecule has 1 heterocycles. The minimum atomic E-state index is -4.50. The number of likely N-dealkylation sites (tertiary alicyclic amines) is 1. The lowest BCUT2D eigenvalue weighted by Crippen LogP contribution is -2.58. The Balaban J connectivity index is 1.23. The summed E-state index contributed by atoms with van der Waals surface area (Å²) in [7, 11) is 0. The number of alkyl halides is 3. The first-order valence-corrected chi connectivity index (χ1v) is 11.0. The lowest BCUT2D eigenvalue weighted by Gasteiger charge is -2.49. The molecular weight excluding hydrogens is 443 g/mol. The maximum absolute atomic E-state index is 13.3. The fourth-order valence-corrected chi connectivity index (χ4v) is 5.51. The summed E-state index contributed by atoms with van der Waals surface area (Å²) in [5.74, 6) is -0.171. The molecule has 0 aromatic heterocycles. The van der Waals surface area contributed by atoms with Crippen LogP contribution >= 0.6 is 11.6 Å². The van der Waals surface area contributed by atoms with E-state index in [9.17, 15) is 23.1 Å². The number of halogens is 4. The van der Waals surface area contributed by atoms with Gasteiger partial charge in [-0.3, -0.25) is 4.79 Å². The summed E-state index contributed by atoms with van der Waals surface area (Å²) in [6.07, 6.45) is -1.18. The van der Waals surface area contributed by atoms with Crippen LogP contribution in [0.5, 0.6) is 5.75 Å². The van der Waals surface area contributed by atoms with Gasteiger partial charge in [0.05, 0.1) is 11.0 Å². The molecule has 1 saturated heterocycles. The number of hydrogen-bond donors (Lipinski definition) is 1. The van der Waals surface area contributed by atoms with Crippen LogP contribution in [-0.2, 0) is 30.4 Å². The Kier molecular flexibility index (Phi) is 4.98. The second kappa shape index (κ2) is 7.39. The molecule has 170 valence electrons. The number of carboxylic acid groups (broad SMARTS) is 1. The van der Waals surface area contributed by atoms with Crippen molar-refractivity contribution in [2.75, 3.05) is 19.6 Å². The van der Waals surface area contributed by atoms with E-state index in [4.69, 9.17) is 16.3 Å². The molecule has 1 N–H and O–H groups in total.